The van der Waals surface area contributed by atoms with E-state index in [-0.39, 0.29) is 5.82 Å². The molecule has 0 spiro atoms. The predicted octanol–water partition coefficient (Wildman–Crippen LogP) is 5.99. The number of amides is 1. The van der Waals surface area contributed by atoms with Crippen LogP contribution in [-0.4, -0.2) is 35.5 Å². The summed E-state index contributed by atoms with van der Waals surface area (Å²) in [5.74, 6) is 1.59. The Morgan fingerprint density at radius 2 is 1.68 bits per heavy atom. The van der Waals surface area contributed by atoms with Gasteiger partial charge in [0.05, 0.1) is 13.2 Å². The van der Waals surface area contributed by atoms with Crippen LogP contribution in [0, 0.1) is 13.8 Å². The van der Waals surface area contributed by atoms with Gasteiger partial charge < -0.3 is 19.5 Å². The summed E-state index contributed by atoms with van der Waals surface area (Å²) in [6.45, 7) is 10.6. The summed E-state index contributed by atoms with van der Waals surface area (Å²) >= 11 is 6.22. The largest absolute Gasteiger partial charge is 0.490 e. The van der Waals surface area contributed by atoms with Crippen LogP contribution in [0.25, 0.3) is 11.3 Å². The lowest BCUT2D eigenvalue weighted by molar-refractivity contribution is -0.122. The summed E-state index contributed by atoms with van der Waals surface area (Å²) in [5, 5.41) is 11.2. The fourth-order valence-corrected chi connectivity index (χ4v) is 3.33. The molecule has 3 aromatic rings. The topological polar surface area (TPSA) is 95.7 Å². The maximum atomic E-state index is 12.8. The zero-order valence-corrected chi connectivity index (χ0v) is 20.9. The Morgan fingerprint density at radius 3 is 2.32 bits per heavy atom. The number of rotatable bonds is 11. The van der Waals surface area contributed by atoms with Crippen molar-refractivity contribution in [2.24, 2.45) is 0 Å². The summed E-state index contributed by atoms with van der Waals surface area (Å²) in [6, 6.07) is 9.02. The molecule has 1 aromatic heterocycles. The van der Waals surface area contributed by atoms with Crippen molar-refractivity contribution in [3.8, 4) is 28.5 Å². The van der Waals surface area contributed by atoms with E-state index in [9.17, 15) is 4.79 Å². The molecule has 1 amide bonds. The van der Waals surface area contributed by atoms with Crippen LogP contribution in [-0.2, 0) is 4.79 Å². The highest BCUT2D eigenvalue weighted by atomic mass is 35.5. The van der Waals surface area contributed by atoms with Gasteiger partial charge in [-0.25, -0.2) is 4.63 Å². The quantitative estimate of drug-likeness (QED) is 0.354. The Bertz CT molecular complexity index is 1110. The summed E-state index contributed by atoms with van der Waals surface area (Å²) < 4.78 is 22.4. The normalized spacial score (nSPS) is 11.7. The molecule has 0 radical (unpaired) electrons. The van der Waals surface area contributed by atoms with Gasteiger partial charge in [-0.15, -0.1) is 0 Å². The minimum Gasteiger partial charge on any atom is -0.490 e. The Labute approximate surface area is 204 Å². The lowest BCUT2D eigenvalue weighted by Gasteiger charge is -2.16. The summed E-state index contributed by atoms with van der Waals surface area (Å²) in [4.78, 5) is 12.8. The van der Waals surface area contributed by atoms with E-state index in [0.29, 0.717) is 46.7 Å². The zero-order chi connectivity index (χ0) is 24.7. The van der Waals surface area contributed by atoms with Gasteiger partial charge in [-0.05, 0) is 85.4 Å². The van der Waals surface area contributed by atoms with Gasteiger partial charge in [-0.3, -0.25) is 4.79 Å². The first-order valence-electron chi connectivity index (χ1n) is 11.3. The third-order valence-corrected chi connectivity index (χ3v) is 5.56. The molecule has 1 atom stereocenters. The van der Waals surface area contributed by atoms with E-state index < -0.39 is 12.0 Å². The van der Waals surface area contributed by atoms with E-state index >= 15 is 0 Å². The zero-order valence-electron chi connectivity index (χ0n) is 20.1. The molecule has 8 nitrogen and oxygen atoms in total. The Hall–Kier alpha value is -3.26. The highest BCUT2D eigenvalue weighted by Gasteiger charge is 2.22. The Kier molecular flexibility index (Phi) is 8.76. The molecule has 0 bridgehead atoms. The number of aromatic nitrogens is 2. The second-order valence-electron chi connectivity index (χ2n) is 7.94. The predicted molar refractivity (Wildman–Crippen MR) is 131 cm³/mol. The molecule has 1 heterocycles. The van der Waals surface area contributed by atoms with Crippen molar-refractivity contribution in [1.82, 2.24) is 10.3 Å². The molecular formula is C25H30ClN3O5. The Morgan fingerprint density at radius 1 is 1.03 bits per heavy atom. The molecule has 182 valence electrons. The van der Waals surface area contributed by atoms with Gasteiger partial charge in [-0.2, -0.15) is 0 Å². The van der Waals surface area contributed by atoms with Crippen LogP contribution < -0.4 is 19.5 Å². The standard InChI is InChI=1S/C25H30ClN3O5/c1-6-10-31-20-9-8-18(14-21(20)32-11-7-2)23-24(29-34-28-23)27-25(30)17(5)33-19-12-15(3)22(26)16(4)13-19/h8-9,12-14,17H,6-7,10-11H2,1-5H3,(H,27,29,30). The average molecular weight is 488 g/mol. The van der Waals surface area contributed by atoms with Gasteiger partial charge in [0, 0.05) is 10.6 Å². The highest BCUT2D eigenvalue weighted by Crippen LogP contribution is 2.35. The van der Waals surface area contributed by atoms with Crippen LogP contribution >= 0.6 is 11.6 Å². The third-order valence-electron chi connectivity index (χ3n) is 4.96. The van der Waals surface area contributed by atoms with Crippen LogP contribution in [0.3, 0.4) is 0 Å². The van der Waals surface area contributed by atoms with Gasteiger partial charge in [-0.1, -0.05) is 25.4 Å². The van der Waals surface area contributed by atoms with E-state index in [1.807, 2.05) is 39.8 Å². The molecule has 2 aromatic carbocycles. The van der Waals surface area contributed by atoms with Crippen molar-refractivity contribution in [1.29, 1.82) is 0 Å². The fraction of sp³-hybridized carbons (Fsp3) is 0.400. The number of nitrogens with one attached hydrogen (secondary N) is 1. The van der Waals surface area contributed by atoms with Crippen LogP contribution in [0.15, 0.2) is 35.0 Å². The Balaban J connectivity index is 1.76. The number of nitrogens with zero attached hydrogens (tertiary/aromatic N) is 2. The molecule has 3 rings (SSSR count). The lowest BCUT2D eigenvalue weighted by Crippen LogP contribution is -2.30. The summed E-state index contributed by atoms with van der Waals surface area (Å²) in [7, 11) is 0. The fourth-order valence-electron chi connectivity index (χ4n) is 3.22. The number of anilines is 1. The molecule has 9 heteroatoms. The number of benzene rings is 2. The number of hydrogen-bond acceptors (Lipinski definition) is 7. The maximum absolute atomic E-state index is 12.8. The lowest BCUT2D eigenvalue weighted by atomic mass is 10.1. The number of ether oxygens (including phenoxy) is 3. The van der Waals surface area contributed by atoms with Crippen molar-refractivity contribution >= 4 is 23.3 Å². The summed E-state index contributed by atoms with van der Waals surface area (Å²) in [6.07, 6.45) is 0.945. The second kappa shape index (κ2) is 11.7. The molecule has 0 aliphatic rings. The van der Waals surface area contributed by atoms with E-state index in [1.54, 1.807) is 25.1 Å². The summed E-state index contributed by atoms with van der Waals surface area (Å²) in [5.41, 5.74) is 2.80. The van der Waals surface area contributed by atoms with Crippen LogP contribution in [0.1, 0.15) is 44.7 Å². The van der Waals surface area contributed by atoms with E-state index in [1.165, 1.54) is 0 Å². The third kappa shape index (κ3) is 6.20. The molecule has 1 N–H and O–H groups in total. The molecule has 0 saturated carbocycles. The first-order valence-corrected chi connectivity index (χ1v) is 11.7. The molecule has 0 fully saturated rings. The van der Waals surface area contributed by atoms with E-state index in [0.717, 1.165) is 24.0 Å². The van der Waals surface area contributed by atoms with Crippen molar-refractivity contribution < 1.29 is 23.6 Å². The average Bonchev–Trinajstić information content (AvgIpc) is 3.28. The molecular weight excluding hydrogens is 458 g/mol. The number of halogens is 1. The molecule has 0 aliphatic heterocycles. The number of hydrogen-bond donors (Lipinski definition) is 1. The van der Waals surface area contributed by atoms with Gasteiger partial charge in [0.1, 0.15) is 5.75 Å². The van der Waals surface area contributed by atoms with Crippen LogP contribution in [0.4, 0.5) is 5.82 Å². The first-order chi connectivity index (χ1) is 16.3. The minimum atomic E-state index is -0.794. The van der Waals surface area contributed by atoms with Gasteiger partial charge in [0.25, 0.3) is 5.91 Å². The number of carbonyl (C=O) groups is 1. The SMILES string of the molecule is CCCOc1ccc(-c2nonc2NC(=O)C(C)Oc2cc(C)c(Cl)c(C)c2)cc1OCCC. The van der Waals surface area contributed by atoms with Crippen LogP contribution in [0.5, 0.6) is 17.2 Å². The number of aryl methyl sites for hydroxylation is 2. The first kappa shape index (κ1) is 25.4. The van der Waals surface area contributed by atoms with E-state index in [4.69, 9.17) is 30.4 Å². The monoisotopic (exact) mass is 487 g/mol. The minimum absolute atomic E-state index is 0.188. The van der Waals surface area contributed by atoms with Crippen molar-refractivity contribution in [2.45, 2.75) is 53.6 Å². The van der Waals surface area contributed by atoms with Crippen molar-refractivity contribution in [3.05, 3.63) is 46.5 Å². The van der Waals surface area contributed by atoms with Gasteiger partial charge >= 0.3 is 0 Å². The molecule has 34 heavy (non-hydrogen) atoms. The van der Waals surface area contributed by atoms with Crippen molar-refractivity contribution in [2.75, 3.05) is 18.5 Å². The number of carbonyl (C=O) groups excluding carboxylic acids is 1. The van der Waals surface area contributed by atoms with Crippen LogP contribution in [0.2, 0.25) is 5.02 Å². The maximum Gasteiger partial charge on any atom is 0.266 e. The highest BCUT2D eigenvalue weighted by molar-refractivity contribution is 6.32. The van der Waals surface area contributed by atoms with Crippen molar-refractivity contribution in [3.63, 3.8) is 0 Å². The molecule has 1 unspecified atom stereocenters. The molecule has 0 saturated heterocycles. The van der Waals surface area contributed by atoms with E-state index in [2.05, 4.69) is 15.6 Å². The second-order valence-corrected chi connectivity index (χ2v) is 8.32. The van der Waals surface area contributed by atoms with Gasteiger partial charge in [0.15, 0.2) is 23.3 Å². The smallest absolute Gasteiger partial charge is 0.266 e. The van der Waals surface area contributed by atoms with Gasteiger partial charge in [0.2, 0.25) is 5.82 Å². The molecule has 0 aliphatic carbocycles.